The third-order valence-electron chi connectivity index (χ3n) is 2.87. The summed E-state index contributed by atoms with van der Waals surface area (Å²) in [4.78, 5) is 0. The maximum atomic E-state index is 13.1. The molecule has 0 spiro atoms. The number of rotatable bonds is 8. The summed E-state index contributed by atoms with van der Waals surface area (Å²) >= 11 is 0. The van der Waals surface area contributed by atoms with Crippen molar-refractivity contribution < 1.29 is 9.13 Å². The van der Waals surface area contributed by atoms with Gasteiger partial charge in [0.15, 0.2) is 0 Å². The summed E-state index contributed by atoms with van der Waals surface area (Å²) < 4.78 is 18.9. The molecule has 102 valence electrons. The van der Waals surface area contributed by atoms with Crippen molar-refractivity contribution >= 4 is 0 Å². The molecule has 1 aromatic rings. The van der Waals surface area contributed by atoms with Crippen LogP contribution in [0.1, 0.15) is 38.7 Å². The van der Waals surface area contributed by atoms with Gasteiger partial charge in [-0.25, -0.2) is 4.39 Å². The van der Waals surface area contributed by atoms with Gasteiger partial charge in [-0.15, -0.1) is 0 Å². The van der Waals surface area contributed by atoms with Gasteiger partial charge >= 0.3 is 0 Å². The molecule has 1 atom stereocenters. The van der Waals surface area contributed by atoms with Crippen LogP contribution in [-0.2, 0) is 0 Å². The standard InChI is InChI=1S/C15H24FNO/c1-4-9-17-10-5-6-13(3)18-15-11-14(16)8-7-12(15)2/h7-8,11,13,17H,4-6,9-10H2,1-3H3. The zero-order chi connectivity index (χ0) is 13.4. The van der Waals surface area contributed by atoms with E-state index in [-0.39, 0.29) is 11.9 Å². The van der Waals surface area contributed by atoms with E-state index in [1.807, 2.05) is 13.8 Å². The Morgan fingerprint density at radius 3 is 2.83 bits per heavy atom. The highest BCUT2D eigenvalue weighted by Crippen LogP contribution is 2.21. The number of nitrogens with one attached hydrogen (secondary N) is 1. The number of ether oxygens (including phenoxy) is 1. The smallest absolute Gasteiger partial charge is 0.126 e. The van der Waals surface area contributed by atoms with Crippen LogP contribution in [0.5, 0.6) is 5.75 Å². The van der Waals surface area contributed by atoms with Crippen LogP contribution in [0.4, 0.5) is 4.39 Å². The number of hydrogen-bond donors (Lipinski definition) is 1. The predicted molar refractivity (Wildman–Crippen MR) is 73.6 cm³/mol. The van der Waals surface area contributed by atoms with Gasteiger partial charge in [0.25, 0.3) is 0 Å². The van der Waals surface area contributed by atoms with Gasteiger partial charge in [-0.2, -0.15) is 0 Å². The van der Waals surface area contributed by atoms with E-state index in [4.69, 9.17) is 4.74 Å². The highest BCUT2D eigenvalue weighted by Gasteiger charge is 2.07. The molecule has 0 radical (unpaired) electrons. The third kappa shape index (κ3) is 5.50. The molecule has 1 aromatic carbocycles. The van der Waals surface area contributed by atoms with Crippen LogP contribution in [0.25, 0.3) is 0 Å². The largest absolute Gasteiger partial charge is 0.490 e. The van der Waals surface area contributed by atoms with E-state index in [1.54, 1.807) is 6.07 Å². The first-order chi connectivity index (χ1) is 8.63. The van der Waals surface area contributed by atoms with E-state index >= 15 is 0 Å². The lowest BCUT2D eigenvalue weighted by atomic mass is 10.2. The fourth-order valence-corrected chi connectivity index (χ4v) is 1.79. The van der Waals surface area contributed by atoms with Crippen molar-refractivity contribution in [2.45, 2.75) is 46.1 Å². The van der Waals surface area contributed by atoms with Crippen LogP contribution >= 0.6 is 0 Å². The highest BCUT2D eigenvalue weighted by atomic mass is 19.1. The molecule has 0 saturated carbocycles. The van der Waals surface area contributed by atoms with Gasteiger partial charge in [0.1, 0.15) is 11.6 Å². The second-order valence-electron chi connectivity index (χ2n) is 4.73. The first-order valence-electron chi connectivity index (χ1n) is 6.77. The average molecular weight is 253 g/mol. The summed E-state index contributed by atoms with van der Waals surface area (Å²) in [6.07, 6.45) is 3.34. The molecule has 0 aliphatic carbocycles. The molecular weight excluding hydrogens is 229 g/mol. The second kappa shape index (κ2) is 8.09. The first-order valence-corrected chi connectivity index (χ1v) is 6.77. The average Bonchev–Trinajstić information content (AvgIpc) is 2.33. The Bertz CT molecular complexity index is 354. The second-order valence-corrected chi connectivity index (χ2v) is 4.73. The van der Waals surface area contributed by atoms with E-state index in [9.17, 15) is 4.39 Å². The lowest BCUT2D eigenvalue weighted by Gasteiger charge is -2.16. The lowest BCUT2D eigenvalue weighted by Crippen LogP contribution is -2.19. The Morgan fingerprint density at radius 2 is 2.11 bits per heavy atom. The van der Waals surface area contributed by atoms with Crippen LogP contribution in [-0.4, -0.2) is 19.2 Å². The lowest BCUT2D eigenvalue weighted by molar-refractivity contribution is 0.205. The molecule has 0 fully saturated rings. The molecule has 0 bridgehead atoms. The molecule has 1 N–H and O–H groups in total. The van der Waals surface area contributed by atoms with Crippen LogP contribution < -0.4 is 10.1 Å². The number of hydrogen-bond acceptors (Lipinski definition) is 2. The Balaban J connectivity index is 2.30. The van der Waals surface area contributed by atoms with E-state index < -0.39 is 0 Å². The monoisotopic (exact) mass is 253 g/mol. The SMILES string of the molecule is CCCNCCCC(C)Oc1cc(F)ccc1C. The molecule has 3 heteroatoms. The molecule has 1 rings (SSSR count). The van der Waals surface area contributed by atoms with Crippen molar-refractivity contribution in [2.75, 3.05) is 13.1 Å². The number of halogens is 1. The van der Waals surface area contributed by atoms with E-state index in [0.29, 0.717) is 5.75 Å². The van der Waals surface area contributed by atoms with Gasteiger partial charge in [0.05, 0.1) is 6.10 Å². The first kappa shape index (κ1) is 15.0. The Hall–Kier alpha value is -1.09. The molecule has 0 amide bonds. The van der Waals surface area contributed by atoms with Gasteiger partial charge < -0.3 is 10.1 Å². The van der Waals surface area contributed by atoms with Crippen molar-refractivity contribution in [2.24, 2.45) is 0 Å². The minimum absolute atomic E-state index is 0.119. The van der Waals surface area contributed by atoms with Gasteiger partial charge in [0, 0.05) is 6.07 Å². The molecule has 1 unspecified atom stereocenters. The number of benzene rings is 1. The van der Waals surface area contributed by atoms with Crippen molar-refractivity contribution in [1.29, 1.82) is 0 Å². The van der Waals surface area contributed by atoms with Gasteiger partial charge in [-0.05, 0) is 57.8 Å². The van der Waals surface area contributed by atoms with Crippen LogP contribution in [0.2, 0.25) is 0 Å². The summed E-state index contributed by atoms with van der Waals surface area (Å²) in [7, 11) is 0. The Morgan fingerprint density at radius 1 is 1.33 bits per heavy atom. The van der Waals surface area contributed by atoms with Crippen LogP contribution in [0, 0.1) is 12.7 Å². The predicted octanol–water partition coefficient (Wildman–Crippen LogP) is 3.68. The highest BCUT2D eigenvalue weighted by molar-refractivity contribution is 5.32. The van der Waals surface area contributed by atoms with Gasteiger partial charge in [0.2, 0.25) is 0 Å². The third-order valence-corrected chi connectivity index (χ3v) is 2.87. The van der Waals surface area contributed by atoms with Crippen molar-refractivity contribution in [3.8, 4) is 5.75 Å². The topological polar surface area (TPSA) is 21.3 Å². The van der Waals surface area contributed by atoms with Gasteiger partial charge in [-0.1, -0.05) is 13.0 Å². The maximum absolute atomic E-state index is 13.1. The quantitative estimate of drug-likeness (QED) is 0.714. The van der Waals surface area contributed by atoms with Crippen molar-refractivity contribution in [3.63, 3.8) is 0 Å². The molecular formula is C15H24FNO. The normalized spacial score (nSPS) is 12.4. The zero-order valence-corrected chi connectivity index (χ0v) is 11.6. The van der Waals surface area contributed by atoms with E-state index in [0.717, 1.165) is 37.9 Å². The molecule has 0 aromatic heterocycles. The Kier molecular flexibility index (Phi) is 6.73. The molecule has 2 nitrogen and oxygen atoms in total. The summed E-state index contributed by atoms with van der Waals surface area (Å²) in [6.45, 7) is 8.21. The van der Waals surface area contributed by atoms with Crippen LogP contribution in [0.3, 0.4) is 0 Å². The molecule has 0 aliphatic rings. The fraction of sp³-hybridized carbons (Fsp3) is 0.600. The molecule has 0 heterocycles. The van der Waals surface area contributed by atoms with Gasteiger partial charge in [-0.3, -0.25) is 0 Å². The summed E-state index contributed by atoms with van der Waals surface area (Å²) in [5.74, 6) is 0.413. The zero-order valence-electron chi connectivity index (χ0n) is 11.6. The summed E-state index contributed by atoms with van der Waals surface area (Å²) in [6, 6.07) is 4.67. The summed E-state index contributed by atoms with van der Waals surface area (Å²) in [5, 5.41) is 3.36. The minimum atomic E-state index is -0.243. The fourth-order valence-electron chi connectivity index (χ4n) is 1.79. The van der Waals surface area contributed by atoms with E-state index in [1.165, 1.54) is 12.1 Å². The Labute approximate surface area is 110 Å². The van der Waals surface area contributed by atoms with Crippen LogP contribution in [0.15, 0.2) is 18.2 Å². The van der Waals surface area contributed by atoms with Crippen molar-refractivity contribution in [3.05, 3.63) is 29.6 Å². The molecule has 18 heavy (non-hydrogen) atoms. The maximum Gasteiger partial charge on any atom is 0.126 e. The summed E-state index contributed by atoms with van der Waals surface area (Å²) in [5.41, 5.74) is 0.979. The number of aryl methyl sites for hydroxylation is 1. The minimum Gasteiger partial charge on any atom is -0.490 e. The van der Waals surface area contributed by atoms with E-state index in [2.05, 4.69) is 12.2 Å². The molecule has 0 saturated heterocycles. The molecule has 0 aliphatic heterocycles. The van der Waals surface area contributed by atoms with Crippen molar-refractivity contribution in [1.82, 2.24) is 5.32 Å².